The standard InChI is InChI=1S/4C6H15NO3.2K.4H2O.36O.12W/c4*8-4-1-7(2-5-9)3-6-10;;;;;;;;;;;;;;;;;;;;;;;;;;;;;;;;;;;;;;;;;;;;;;;;;;;;;;/h4*8-10H,1-6H2;;;4*1H2;;;;;;;;;;;;;;;;;;;;;;;;;;;;;;;;;;;;;;;;;;;;;;;;/q;;;;2*+1;;;;;36*-2;;;;;;;;;;;;. The summed E-state index contributed by atoms with van der Waals surface area (Å²) in [4.78, 5) is 4.14. The summed E-state index contributed by atoms with van der Waals surface area (Å²) < 4.78 is 0. The van der Waals surface area contributed by atoms with Gasteiger partial charge in [-0.05, 0) is 0 Å². The minimum absolute atomic E-state index is 0. The van der Waals surface area contributed by atoms with Crippen molar-refractivity contribution in [1.29, 1.82) is 0 Å². The summed E-state index contributed by atoms with van der Waals surface area (Å²) in [6, 6.07) is 0. The first kappa shape index (κ1) is 527. The maximum Gasteiger partial charge on any atom is 1.00 e. The van der Waals surface area contributed by atoms with Crippen LogP contribution in [0.4, 0.5) is 0 Å². The fourth-order valence-corrected chi connectivity index (χ4v) is 3.40. The van der Waals surface area contributed by atoms with Crippen LogP contribution in [-0.2, 0) is 450 Å². The maximum absolute atomic E-state index is 8.51. The van der Waals surface area contributed by atoms with Crippen molar-refractivity contribution in [2.75, 3.05) is 158 Å². The Hall–Kier alpha value is 9.29. The number of nitrogens with one attached hydrogen (secondary N) is 4. The Morgan fingerprint density at radius 1 is 0.117 bits per heavy atom. The van der Waals surface area contributed by atoms with Crippen molar-refractivity contribution in [2.24, 2.45) is 0 Å². The molecule has 0 atom stereocenters. The molecule has 0 heterocycles. The molecule has 0 aromatic heterocycles. The molecular weight excluding hydrogens is 3460 g/mol. The number of aliphatic hydroxyl groups excluding tert-OH is 12. The van der Waals surface area contributed by atoms with E-state index in [4.69, 9.17) is 61.3 Å². The van der Waals surface area contributed by atoms with Gasteiger partial charge in [0.25, 0.3) is 0 Å². The molecule has 0 saturated carbocycles. The first-order chi connectivity index (χ1) is 19.4. The summed E-state index contributed by atoms with van der Waals surface area (Å²) in [5.74, 6) is 0. The van der Waals surface area contributed by atoms with E-state index >= 15 is 0 Å². The SMILES string of the molecule is OCC[NH+](CCO)CCO.OCC[NH+](CCO)CCO.OCC[NH+](CCO)CCO.OCC[NH+](CCO)CCO.[K+].[K+].[O-2].[O-2].[O-2].[O-2].[O-2].[O-2].[O-2].[O-2].[O-2].[O-2].[O-2].[O-2].[O-2].[O-2].[O-2].[O-2].[O-2].[O-2].[O-2].[O-2].[O-2].[O-2].[O-2].[O-2].[O-2].[O-2].[O-2].[O-2].[O-2].[O-2].[O-2].[O-2].[O-2].[O-2].[O-2].[O-2].[OH-].[OH-].[OH-].[OH-].[W].[W].[W].[W].[W].[W].[W].[W].[W].[W].[W].[W]. The van der Waals surface area contributed by atoms with Gasteiger partial charge in [0.15, 0.2) is 0 Å². The zero-order valence-corrected chi connectivity index (χ0v) is 89.2. The van der Waals surface area contributed by atoms with E-state index in [1.54, 1.807) is 0 Å². The Morgan fingerprint density at radius 3 is 0.170 bits per heavy atom. The van der Waals surface area contributed by atoms with Gasteiger partial charge in [-0.2, -0.15) is 0 Å². The van der Waals surface area contributed by atoms with Gasteiger partial charge in [0.05, 0.1) is 79.3 Å². The van der Waals surface area contributed by atoms with Gasteiger partial charge in [-0.3, -0.25) is 0 Å². The molecule has 0 fully saturated rings. The van der Waals surface area contributed by atoms with Crippen molar-refractivity contribution >= 4 is 0 Å². The van der Waals surface area contributed by atoms with Crippen molar-refractivity contribution < 1.29 is 655 Å². The summed E-state index contributed by atoms with van der Waals surface area (Å²) in [6.07, 6.45) is 0. The predicted octanol–water partition coefficient (Wildman–Crippen LogP) is -23.6. The Morgan fingerprint density at radius 2 is 0.149 bits per heavy atom. The van der Waals surface area contributed by atoms with Gasteiger partial charge >= 0.3 is 103 Å². The maximum atomic E-state index is 8.51. The molecule has 70 heteroatoms. The van der Waals surface area contributed by atoms with E-state index in [1.165, 1.54) is 0 Å². The van der Waals surface area contributed by atoms with Crippen molar-refractivity contribution in [2.45, 2.75) is 0 Å². The normalized spacial score (nSPS) is 4.60. The van der Waals surface area contributed by atoms with Gasteiger partial charge in [-0.1, -0.05) is 0 Å². The van der Waals surface area contributed by atoms with Crippen LogP contribution in [0, 0.1) is 0 Å². The summed E-state index contributed by atoms with van der Waals surface area (Å²) in [7, 11) is 0. The van der Waals surface area contributed by atoms with Gasteiger partial charge in [-0.25, -0.2) is 0 Å². The predicted molar refractivity (Wildman–Crippen MR) is 180 cm³/mol. The molecule has 56 nitrogen and oxygen atoms in total. The molecule has 0 aromatic carbocycles. The molecule has 0 radical (unpaired) electrons. The fraction of sp³-hybridized carbons (Fsp3) is 1.00. The number of hydrogen-bond acceptors (Lipinski definition) is 16. The van der Waals surface area contributed by atoms with Gasteiger partial charge in [0, 0.05) is 253 Å². The summed E-state index contributed by atoms with van der Waals surface area (Å²) >= 11 is 0. The van der Waals surface area contributed by atoms with Crippen LogP contribution < -0.4 is 122 Å². The van der Waals surface area contributed by atoms with E-state index in [1.807, 2.05) is 0 Å². The summed E-state index contributed by atoms with van der Waals surface area (Å²) in [6.45, 7) is 8.46. The quantitative estimate of drug-likeness (QED) is 0.0399. The van der Waals surface area contributed by atoms with Crippen molar-refractivity contribution in [1.82, 2.24) is 0 Å². The molecule has 0 amide bonds. The summed E-state index contributed by atoms with van der Waals surface area (Å²) in [5.41, 5.74) is 0. The van der Waals surface area contributed by atoms with E-state index < -0.39 is 0 Å². The molecule has 0 aromatic rings. The smallest absolute Gasteiger partial charge is 1.00 e. The van der Waals surface area contributed by atoms with Crippen LogP contribution >= 0.6 is 0 Å². The Bertz CT molecular complexity index is 400. The van der Waals surface area contributed by atoms with Gasteiger partial charge in [0.2, 0.25) is 0 Å². The van der Waals surface area contributed by atoms with E-state index in [0.29, 0.717) is 78.5 Å². The van der Waals surface area contributed by atoms with Crippen LogP contribution in [0.3, 0.4) is 0 Å². The number of quaternary nitrogens is 4. The number of rotatable bonds is 24. The van der Waals surface area contributed by atoms with E-state index in [-0.39, 0.29) is 654 Å². The minimum atomic E-state index is 0. The molecule has 20 N–H and O–H groups in total. The van der Waals surface area contributed by atoms with Crippen molar-refractivity contribution in [3.05, 3.63) is 0 Å². The van der Waals surface area contributed by atoms with Crippen LogP contribution in [0.25, 0.3) is 0 Å². The summed E-state index contributed by atoms with van der Waals surface area (Å²) in [5, 5.41) is 102. The van der Waals surface area contributed by atoms with Crippen LogP contribution in [0.15, 0.2) is 0 Å². The third-order valence-corrected chi connectivity index (χ3v) is 5.58. The number of hydrogen-bond donors (Lipinski definition) is 16. The minimum Gasteiger partial charge on any atom is -2.00 e. The molecule has 640 valence electrons. The number of aliphatic hydroxyl groups is 12. The molecule has 0 aliphatic heterocycles. The zero-order chi connectivity index (χ0) is 31.3. The third-order valence-electron chi connectivity index (χ3n) is 5.58. The first-order valence-electron chi connectivity index (χ1n) is 14.0. The van der Waals surface area contributed by atoms with Crippen LogP contribution in [-0.4, -0.2) is 241 Å². The second-order valence-corrected chi connectivity index (χ2v) is 8.68. The van der Waals surface area contributed by atoms with Gasteiger partial charge in [-0.15, -0.1) is 0 Å². The molecule has 0 aliphatic carbocycles. The molecule has 0 saturated heterocycles. The molecule has 94 heavy (non-hydrogen) atoms. The Labute approximate surface area is 800 Å². The average molecular weight is 3530 g/mol. The Kier molecular flexibility index (Phi) is 2870. The monoisotopic (exact) mass is 3530 g/mol. The van der Waals surface area contributed by atoms with Crippen molar-refractivity contribution in [3.8, 4) is 0 Å². The molecule has 0 rings (SSSR count). The molecule has 0 spiro atoms. The Balaban J connectivity index is -0.00000000276. The first-order valence-corrected chi connectivity index (χ1v) is 14.0. The molecule has 0 unspecified atom stereocenters. The second-order valence-electron chi connectivity index (χ2n) is 8.68. The average Bonchev–Trinajstić information content (AvgIpc) is 2.92. The van der Waals surface area contributed by atoms with Crippen LogP contribution in [0.5, 0.6) is 0 Å². The molecular formula is C24H68K2N4O52W12-70. The van der Waals surface area contributed by atoms with E-state index in [0.717, 1.165) is 19.6 Å². The largest absolute Gasteiger partial charge is 2.00 e. The van der Waals surface area contributed by atoms with Crippen LogP contribution in [0.2, 0.25) is 0 Å². The van der Waals surface area contributed by atoms with Gasteiger partial charge in [0.1, 0.15) is 78.5 Å². The second kappa shape index (κ2) is 512. The molecule has 0 aliphatic rings. The zero-order valence-electron chi connectivity index (χ0n) is 47.7. The third kappa shape index (κ3) is 497. The fourth-order valence-electron chi connectivity index (χ4n) is 3.40. The van der Waals surface area contributed by atoms with E-state index in [9.17, 15) is 0 Å². The van der Waals surface area contributed by atoms with Crippen LogP contribution in [0.1, 0.15) is 0 Å². The van der Waals surface area contributed by atoms with E-state index in [2.05, 4.69) is 0 Å². The van der Waals surface area contributed by atoms with Crippen molar-refractivity contribution in [3.63, 3.8) is 0 Å². The molecule has 0 bridgehead atoms. The topological polar surface area (TPSA) is 1410 Å². The van der Waals surface area contributed by atoms with Gasteiger partial charge < -0.3 is 300 Å².